The van der Waals surface area contributed by atoms with Crippen molar-refractivity contribution in [2.24, 2.45) is 5.92 Å². The highest BCUT2D eigenvalue weighted by molar-refractivity contribution is 5.94. The minimum atomic E-state index is -0.704. The Morgan fingerprint density at radius 2 is 2.10 bits per heavy atom. The second-order valence-electron chi connectivity index (χ2n) is 5.05. The second kappa shape index (κ2) is 8.55. The first-order valence-electron chi connectivity index (χ1n) is 6.71. The van der Waals surface area contributed by atoms with Crippen molar-refractivity contribution in [2.45, 2.75) is 20.0 Å². The molecule has 1 rings (SSSR count). The summed E-state index contributed by atoms with van der Waals surface area (Å²) in [4.78, 5) is 11.9. The number of carbonyl (C=O) groups is 1. The minimum Gasteiger partial charge on any atom is -0.493 e. The topological polar surface area (TPSA) is 67.8 Å². The number of ether oxygens (including phenoxy) is 2. The summed E-state index contributed by atoms with van der Waals surface area (Å²) in [5, 5.41) is 12.1. The molecule has 5 heteroatoms. The third kappa shape index (κ3) is 6.04. The molecule has 1 unspecified atom stereocenters. The van der Waals surface area contributed by atoms with Gasteiger partial charge in [-0.2, -0.15) is 0 Å². The lowest BCUT2D eigenvalue weighted by Gasteiger charge is -2.12. The maximum absolute atomic E-state index is 11.9. The van der Waals surface area contributed by atoms with Crippen LogP contribution >= 0.6 is 0 Å². The van der Waals surface area contributed by atoms with Crippen LogP contribution in [-0.4, -0.2) is 44.0 Å². The number of amides is 1. The Labute approximate surface area is 119 Å². The van der Waals surface area contributed by atoms with Gasteiger partial charge in [0, 0.05) is 19.2 Å². The SMILES string of the molecule is COCC(O)CNC(=O)c1cccc(OCC(C)C)c1. The average Bonchev–Trinajstić information content (AvgIpc) is 2.43. The van der Waals surface area contributed by atoms with Gasteiger partial charge < -0.3 is 19.9 Å². The van der Waals surface area contributed by atoms with E-state index in [1.54, 1.807) is 18.2 Å². The van der Waals surface area contributed by atoms with Crippen LogP contribution in [0.3, 0.4) is 0 Å². The van der Waals surface area contributed by atoms with Gasteiger partial charge in [0.1, 0.15) is 5.75 Å². The summed E-state index contributed by atoms with van der Waals surface area (Å²) in [5.74, 6) is 0.857. The number of nitrogens with one attached hydrogen (secondary N) is 1. The van der Waals surface area contributed by atoms with E-state index in [1.807, 2.05) is 6.07 Å². The molecule has 1 aromatic carbocycles. The first-order valence-corrected chi connectivity index (χ1v) is 6.71. The van der Waals surface area contributed by atoms with Gasteiger partial charge in [-0.3, -0.25) is 4.79 Å². The van der Waals surface area contributed by atoms with Gasteiger partial charge in [0.2, 0.25) is 0 Å². The maximum atomic E-state index is 11.9. The van der Waals surface area contributed by atoms with Crippen LogP contribution in [0.15, 0.2) is 24.3 Å². The van der Waals surface area contributed by atoms with Crippen molar-refractivity contribution in [3.8, 4) is 5.75 Å². The first-order chi connectivity index (χ1) is 9.52. The molecule has 1 atom stereocenters. The van der Waals surface area contributed by atoms with Gasteiger partial charge in [-0.25, -0.2) is 0 Å². The van der Waals surface area contributed by atoms with E-state index >= 15 is 0 Å². The molecule has 0 aliphatic heterocycles. The predicted molar refractivity (Wildman–Crippen MR) is 77.0 cm³/mol. The summed E-state index contributed by atoms with van der Waals surface area (Å²) >= 11 is 0. The summed E-state index contributed by atoms with van der Waals surface area (Å²) in [7, 11) is 1.50. The quantitative estimate of drug-likeness (QED) is 0.757. The van der Waals surface area contributed by atoms with E-state index in [9.17, 15) is 9.90 Å². The summed E-state index contributed by atoms with van der Waals surface area (Å²) in [6, 6.07) is 7.00. The van der Waals surface area contributed by atoms with Crippen LogP contribution in [0.25, 0.3) is 0 Å². The lowest BCUT2D eigenvalue weighted by atomic mass is 10.2. The molecule has 0 bridgehead atoms. The Kier molecular flexibility index (Phi) is 7.04. The molecule has 0 aromatic heterocycles. The van der Waals surface area contributed by atoms with Crippen LogP contribution < -0.4 is 10.1 Å². The van der Waals surface area contributed by atoms with Crippen molar-refractivity contribution < 1.29 is 19.4 Å². The molecular formula is C15H23NO4. The molecule has 0 spiro atoms. The van der Waals surface area contributed by atoms with E-state index in [4.69, 9.17) is 9.47 Å². The number of benzene rings is 1. The smallest absolute Gasteiger partial charge is 0.251 e. The Bertz CT molecular complexity index is 420. The van der Waals surface area contributed by atoms with Gasteiger partial charge in [0.25, 0.3) is 5.91 Å². The highest BCUT2D eigenvalue weighted by Crippen LogP contribution is 2.14. The van der Waals surface area contributed by atoms with Gasteiger partial charge in [0.05, 0.1) is 19.3 Å². The van der Waals surface area contributed by atoms with Gasteiger partial charge in [-0.05, 0) is 24.1 Å². The molecule has 1 aromatic rings. The third-order valence-corrected chi connectivity index (χ3v) is 2.54. The molecule has 0 aliphatic carbocycles. The highest BCUT2D eigenvalue weighted by atomic mass is 16.5. The fraction of sp³-hybridized carbons (Fsp3) is 0.533. The lowest BCUT2D eigenvalue weighted by molar-refractivity contribution is 0.0609. The molecular weight excluding hydrogens is 258 g/mol. The molecule has 20 heavy (non-hydrogen) atoms. The van der Waals surface area contributed by atoms with Crippen molar-refractivity contribution in [1.82, 2.24) is 5.32 Å². The minimum absolute atomic E-state index is 0.157. The fourth-order valence-corrected chi connectivity index (χ4v) is 1.55. The van der Waals surface area contributed by atoms with Crippen molar-refractivity contribution in [2.75, 3.05) is 26.9 Å². The molecule has 0 heterocycles. The molecule has 0 saturated heterocycles. The summed E-state index contributed by atoms with van der Waals surface area (Å²) in [6.45, 7) is 5.08. The summed E-state index contributed by atoms with van der Waals surface area (Å²) in [5.41, 5.74) is 0.510. The van der Waals surface area contributed by atoms with E-state index in [2.05, 4.69) is 19.2 Å². The number of hydrogen-bond donors (Lipinski definition) is 2. The predicted octanol–water partition coefficient (Wildman–Crippen LogP) is 1.46. The number of aliphatic hydroxyl groups is 1. The summed E-state index contributed by atoms with van der Waals surface area (Å²) < 4.78 is 10.4. The molecule has 5 nitrogen and oxygen atoms in total. The van der Waals surface area contributed by atoms with Crippen LogP contribution in [0.1, 0.15) is 24.2 Å². The zero-order valence-electron chi connectivity index (χ0n) is 12.3. The van der Waals surface area contributed by atoms with Gasteiger partial charge in [0.15, 0.2) is 0 Å². The monoisotopic (exact) mass is 281 g/mol. The standard InChI is InChI=1S/C15H23NO4/c1-11(2)9-20-14-6-4-5-12(7-14)15(18)16-8-13(17)10-19-3/h4-7,11,13,17H,8-10H2,1-3H3,(H,16,18). The van der Waals surface area contributed by atoms with Gasteiger partial charge in [-0.1, -0.05) is 19.9 Å². The molecule has 0 aliphatic rings. The van der Waals surface area contributed by atoms with Crippen molar-refractivity contribution >= 4 is 5.91 Å². The number of carbonyl (C=O) groups excluding carboxylic acids is 1. The van der Waals surface area contributed by atoms with Crippen LogP contribution in [0.2, 0.25) is 0 Å². The van der Waals surface area contributed by atoms with Crippen LogP contribution in [-0.2, 0) is 4.74 Å². The molecule has 112 valence electrons. The van der Waals surface area contributed by atoms with Crippen molar-refractivity contribution in [3.63, 3.8) is 0 Å². The molecule has 0 fully saturated rings. The van der Waals surface area contributed by atoms with Gasteiger partial charge in [-0.15, -0.1) is 0 Å². The Morgan fingerprint density at radius 3 is 2.75 bits per heavy atom. The largest absolute Gasteiger partial charge is 0.493 e. The van der Waals surface area contributed by atoms with E-state index in [-0.39, 0.29) is 19.1 Å². The van der Waals surface area contributed by atoms with Gasteiger partial charge >= 0.3 is 0 Å². The summed E-state index contributed by atoms with van der Waals surface area (Å²) in [6.07, 6.45) is -0.704. The first kappa shape index (κ1) is 16.5. The second-order valence-corrected chi connectivity index (χ2v) is 5.05. The van der Waals surface area contributed by atoms with E-state index in [0.717, 1.165) is 0 Å². The average molecular weight is 281 g/mol. The number of methoxy groups -OCH3 is 1. The zero-order chi connectivity index (χ0) is 15.0. The number of aliphatic hydroxyl groups excluding tert-OH is 1. The molecule has 0 saturated carbocycles. The van der Waals surface area contributed by atoms with E-state index in [0.29, 0.717) is 23.8 Å². The van der Waals surface area contributed by atoms with Crippen molar-refractivity contribution in [3.05, 3.63) is 29.8 Å². The zero-order valence-corrected chi connectivity index (χ0v) is 12.3. The van der Waals surface area contributed by atoms with Crippen LogP contribution in [0.5, 0.6) is 5.75 Å². The van der Waals surface area contributed by atoms with Crippen LogP contribution in [0.4, 0.5) is 0 Å². The van der Waals surface area contributed by atoms with Crippen LogP contribution in [0, 0.1) is 5.92 Å². The Balaban J connectivity index is 2.53. The maximum Gasteiger partial charge on any atom is 0.251 e. The normalized spacial score (nSPS) is 12.2. The lowest BCUT2D eigenvalue weighted by Crippen LogP contribution is -2.34. The number of rotatable bonds is 8. The molecule has 2 N–H and O–H groups in total. The highest BCUT2D eigenvalue weighted by Gasteiger charge is 2.09. The van der Waals surface area contributed by atoms with E-state index in [1.165, 1.54) is 7.11 Å². The molecule has 0 radical (unpaired) electrons. The molecule has 1 amide bonds. The number of hydrogen-bond acceptors (Lipinski definition) is 4. The fourth-order valence-electron chi connectivity index (χ4n) is 1.55. The van der Waals surface area contributed by atoms with E-state index < -0.39 is 6.10 Å². The Hall–Kier alpha value is -1.59. The van der Waals surface area contributed by atoms with Crippen molar-refractivity contribution in [1.29, 1.82) is 0 Å². The third-order valence-electron chi connectivity index (χ3n) is 2.54. The Morgan fingerprint density at radius 1 is 1.35 bits per heavy atom.